The average Bonchev–Trinajstić information content (AvgIpc) is 2.20. The Kier molecular flexibility index (Phi) is 4.23. The highest BCUT2D eigenvalue weighted by atomic mass is 35.5. The molecule has 1 atom stereocenters. The summed E-state index contributed by atoms with van der Waals surface area (Å²) < 4.78 is 5.58. The van der Waals surface area contributed by atoms with Gasteiger partial charge in [-0.25, -0.2) is 0 Å². The van der Waals surface area contributed by atoms with Gasteiger partial charge in [0.1, 0.15) is 11.9 Å². The molecule has 3 heteroatoms. The van der Waals surface area contributed by atoms with Gasteiger partial charge in [0.25, 0.3) is 0 Å². The molecule has 78 valence electrons. The number of ether oxygens (including phenoxy) is 1. The molecule has 1 unspecified atom stereocenters. The Hall–Kier alpha value is -0.730. The first-order valence-electron chi connectivity index (χ1n) is 4.82. The quantitative estimate of drug-likeness (QED) is 0.835. The second-order valence-corrected chi connectivity index (χ2v) is 3.68. The second kappa shape index (κ2) is 5.23. The molecule has 0 aliphatic carbocycles. The Bertz CT molecular complexity index is 301. The molecule has 0 spiro atoms. The van der Waals surface area contributed by atoms with Crippen LogP contribution in [0.4, 0.5) is 0 Å². The summed E-state index contributed by atoms with van der Waals surface area (Å²) in [7, 11) is 0. The van der Waals surface area contributed by atoms with Gasteiger partial charge in [-0.15, -0.1) is 0 Å². The third-order valence-corrected chi connectivity index (χ3v) is 2.44. The van der Waals surface area contributed by atoms with Gasteiger partial charge in [-0.2, -0.15) is 0 Å². The standard InChI is InChI=1S/C11H16ClNO/c1-3-9-6-10(4-5-11(9)12)14-8(2)7-13/h4-6,8H,3,7,13H2,1-2H3. The van der Waals surface area contributed by atoms with Crippen LogP contribution in [0.1, 0.15) is 19.4 Å². The topological polar surface area (TPSA) is 35.2 Å². The molecule has 0 saturated heterocycles. The zero-order valence-corrected chi connectivity index (χ0v) is 9.34. The van der Waals surface area contributed by atoms with Gasteiger partial charge < -0.3 is 10.5 Å². The van der Waals surface area contributed by atoms with Crippen LogP contribution in [0.3, 0.4) is 0 Å². The van der Waals surface area contributed by atoms with Crippen molar-refractivity contribution >= 4 is 11.6 Å². The summed E-state index contributed by atoms with van der Waals surface area (Å²) in [4.78, 5) is 0. The smallest absolute Gasteiger partial charge is 0.120 e. The molecule has 0 bridgehead atoms. The molecule has 1 aromatic carbocycles. The van der Waals surface area contributed by atoms with Crippen LogP contribution in [0, 0.1) is 0 Å². The first-order chi connectivity index (χ1) is 6.67. The van der Waals surface area contributed by atoms with E-state index in [4.69, 9.17) is 22.1 Å². The fourth-order valence-electron chi connectivity index (χ4n) is 1.18. The largest absolute Gasteiger partial charge is 0.489 e. The van der Waals surface area contributed by atoms with Crippen LogP contribution in [-0.4, -0.2) is 12.6 Å². The maximum absolute atomic E-state index is 5.99. The van der Waals surface area contributed by atoms with Crippen LogP contribution in [0.25, 0.3) is 0 Å². The minimum Gasteiger partial charge on any atom is -0.489 e. The van der Waals surface area contributed by atoms with Gasteiger partial charge in [0.2, 0.25) is 0 Å². The number of hydrogen-bond donors (Lipinski definition) is 1. The number of nitrogens with two attached hydrogens (primary N) is 1. The van der Waals surface area contributed by atoms with E-state index in [1.807, 2.05) is 25.1 Å². The molecule has 0 aliphatic heterocycles. The second-order valence-electron chi connectivity index (χ2n) is 3.27. The number of halogens is 1. The normalized spacial score (nSPS) is 12.6. The SMILES string of the molecule is CCc1cc(OC(C)CN)ccc1Cl. The first kappa shape index (κ1) is 11.3. The van der Waals surface area contributed by atoms with Crippen molar-refractivity contribution in [3.8, 4) is 5.75 Å². The molecule has 0 radical (unpaired) electrons. The van der Waals surface area contributed by atoms with E-state index in [1.165, 1.54) is 0 Å². The molecule has 1 aromatic rings. The lowest BCUT2D eigenvalue weighted by Crippen LogP contribution is -2.22. The van der Waals surface area contributed by atoms with Crippen molar-refractivity contribution in [2.75, 3.05) is 6.54 Å². The number of hydrogen-bond acceptors (Lipinski definition) is 2. The predicted octanol–water partition coefficient (Wildman–Crippen LogP) is 2.63. The Morgan fingerprint density at radius 1 is 1.50 bits per heavy atom. The highest BCUT2D eigenvalue weighted by Crippen LogP contribution is 2.23. The Labute approximate surface area is 90.0 Å². The maximum atomic E-state index is 5.99. The van der Waals surface area contributed by atoms with Gasteiger partial charge in [0, 0.05) is 11.6 Å². The summed E-state index contributed by atoms with van der Waals surface area (Å²) in [6, 6.07) is 5.70. The van der Waals surface area contributed by atoms with Crippen LogP contribution >= 0.6 is 11.6 Å². The van der Waals surface area contributed by atoms with Crippen molar-refractivity contribution in [1.29, 1.82) is 0 Å². The van der Waals surface area contributed by atoms with Gasteiger partial charge in [0.05, 0.1) is 0 Å². The average molecular weight is 214 g/mol. The van der Waals surface area contributed by atoms with E-state index in [0.717, 1.165) is 22.8 Å². The van der Waals surface area contributed by atoms with Crippen molar-refractivity contribution in [2.24, 2.45) is 5.73 Å². The summed E-state index contributed by atoms with van der Waals surface area (Å²) in [6.45, 7) is 4.53. The van der Waals surface area contributed by atoms with Crippen molar-refractivity contribution < 1.29 is 4.74 Å². The predicted molar refractivity (Wildman–Crippen MR) is 60.0 cm³/mol. The Balaban J connectivity index is 2.79. The monoisotopic (exact) mass is 213 g/mol. The molecule has 2 nitrogen and oxygen atoms in total. The molecule has 0 amide bonds. The summed E-state index contributed by atoms with van der Waals surface area (Å²) in [5.74, 6) is 0.837. The molecule has 2 N–H and O–H groups in total. The lowest BCUT2D eigenvalue weighted by molar-refractivity contribution is 0.230. The number of aryl methyl sites for hydroxylation is 1. The van der Waals surface area contributed by atoms with E-state index in [9.17, 15) is 0 Å². The maximum Gasteiger partial charge on any atom is 0.120 e. The van der Waals surface area contributed by atoms with E-state index < -0.39 is 0 Å². The van der Waals surface area contributed by atoms with Gasteiger partial charge in [-0.1, -0.05) is 18.5 Å². The number of rotatable bonds is 4. The van der Waals surface area contributed by atoms with Gasteiger partial charge in [0.15, 0.2) is 0 Å². The number of benzene rings is 1. The lowest BCUT2D eigenvalue weighted by Gasteiger charge is -2.13. The molecule has 0 fully saturated rings. The van der Waals surface area contributed by atoms with Gasteiger partial charge in [-0.3, -0.25) is 0 Å². The molecule has 0 aliphatic rings. The highest BCUT2D eigenvalue weighted by Gasteiger charge is 2.04. The summed E-state index contributed by atoms with van der Waals surface area (Å²) in [5, 5.41) is 0.792. The molecule has 0 aromatic heterocycles. The molecule has 14 heavy (non-hydrogen) atoms. The van der Waals surface area contributed by atoms with Crippen LogP contribution in [0.15, 0.2) is 18.2 Å². The molecule has 0 heterocycles. The zero-order chi connectivity index (χ0) is 10.6. The highest BCUT2D eigenvalue weighted by molar-refractivity contribution is 6.31. The Morgan fingerprint density at radius 3 is 2.79 bits per heavy atom. The minimum atomic E-state index is 0.0425. The summed E-state index contributed by atoms with van der Waals surface area (Å²) in [6.07, 6.45) is 0.952. The van der Waals surface area contributed by atoms with E-state index in [0.29, 0.717) is 6.54 Å². The van der Waals surface area contributed by atoms with Crippen molar-refractivity contribution in [3.63, 3.8) is 0 Å². The van der Waals surface area contributed by atoms with Crippen LogP contribution in [0.5, 0.6) is 5.75 Å². The van der Waals surface area contributed by atoms with E-state index in [2.05, 4.69) is 6.92 Å². The van der Waals surface area contributed by atoms with E-state index in [-0.39, 0.29) is 6.10 Å². The van der Waals surface area contributed by atoms with Crippen molar-refractivity contribution in [3.05, 3.63) is 28.8 Å². The van der Waals surface area contributed by atoms with Crippen molar-refractivity contribution in [1.82, 2.24) is 0 Å². The minimum absolute atomic E-state index is 0.0425. The zero-order valence-electron chi connectivity index (χ0n) is 8.59. The van der Waals surface area contributed by atoms with Gasteiger partial charge >= 0.3 is 0 Å². The third-order valence-electron chi connectivity index (χ3n) is 2.07. The summed E-state index contributed by atoms with van der Waals surface area (Å²) >= 11 is 5.99. The Morgan fingerprint density at radius 2 is 2.21 bits per heavy atom. The molecule has 0 saturated carbocycles. The molecule has 1 rings (SSSR count). The molecular weight excluding hydrogens is 198 g/mol. The van der Waals surface area contributed by atoms with Crippen LogP contribution in [0.2, 0.25) is 5.02 Å². The fraction of sp³-hybridized carbons (Fsp3) is 0.455. The van der Waals surface area contributed by atoms with Crippen molar-refractivity contribution in [2.45, 2.75) is 26.4 Å². The van der Waals surface area contributed by atoms with Crippen LogP contribution < -0.4 is 10.5 Å². The third kappa shape index (κ3) is 2.89. The molecular formula is C11H16ClNO. The fourth-order valence-corrected chi connectivity index (χ4v) is 1.43. The first-order valence-corrected chi connectivity index (χ1v) is 5.20. The summed E-state index contributed by atoms with van der Waals surface area (Å²) in [5.41, 5.74) is 6.57. The van der Waals surface area contributed by atoms with Gasteiger partial charge in [-0.05, 0) is 37.1 Å². The lowest BCUT2D eigenvalue weighted by atomic mass is 10.1. The van der Waals surface area contributed by atoms with Crippen LogP contribution in [-0.2, 0) is 6.42 Å². The van der Waals surface area contributed by atoms with E-state index >= 15 is 0 Å². The van der Waals surface area contributed by atoms with E-state index in [1.54, 1.807) is 0 Å².